The van der Waals surface area contributed by atoms with E-state index >= 15 is 0 Å². The van der Waals surface area contributed by atoms with Crippen molar-refractivity contribution in [3.05, 3.63) is 101 Å². The summed E-state index contributed by atoms with van der Waals surface area (Å²) in [4.78, 5) is 35.0. The molecule has 6 rings (SSSR count). The Hall–Kier alpha value is -4.47. The first-order valence-electron chi connectivity index (χ1n) is 13.2. The van der Waals surface area contributed by atoms with Gasteiger partial charge in [0.2, 0.25) is 5.91 Å². The smallest absolute Gasteiger partial charge is 0.257 e. The molecule has 202 valence electrons. The molecule has 0 spiro atoms. The fourth-order valence-corrected chi connectivity index (χ4v) is 5.84. The molecule has 0 bridgehead atoms. The lowest BCUT2D eigenvalue weighted by Crippen LogP contribution is -2.49. The molecule has 0 saturated carbocycles. The van der Waals surface area contributed by atoms with Gasteiger partial charge in [0.1, 0.15) is 5.75 Å². The van der Waals surface area contributed by atoms with Gasteiger partial charge in [-0.25, -0.2) is 4.98 Å². The SMILES string of the molecule is COc1ccc(-c2csc(NC(=O)CN3CCN(c4cc(=O)n(-c5ccccc5)c5ccccc45)CC3)n2)cc1. The summed E-state index contributed by atoms with van der Waals surface area (Å²) in [7, 11) is 1.64. The minimum absolute atomic E-state index is 0.0563. The standard InChI is InChI=1S/C31H29N5O3S/c1-39-24-13-11-22(12-14-24)26-21-40-31(32-26)33-29(37)20-34-15-17-35(18-16-34)28-19-30(38)36(23-7-3-2-4-8-23)27-10-6-5-9-25(27)28/h2-14,19,21H,15-18,20H2,1H3,(H,32,33,37). The molecule has 1 aliphatic rings. The largest absolute Gasteiger partial charge is 0.497 e. The third kappa shape index (κ3) is 5.34. The molecule has 1 fully saturated rings. The Balaban J connectivity index is 1.10. The van der Waals surface area contributed by atoms with Crippen molar-refractivity contribution in [2.45, 2.75) is 0 Å². The highest BCUT2D eigenvalue weighted by Gasteiger charge is 2.22. The first-order chi connectivity index (χ1) is 19.6. The van der Waals surface area contributed by atoms with E-state index in [1.165, 1.54) is 11.3 Å². The highest BCUT2D eigenvalue weighted by Crippen LogP contribution is 2.28. The van der Waals surface area contributed by atoms with E-state index in [1.54, 1.807) is 17.7 Å². The number of aromatic nitrogens is 2. The molecular weight excluding hydrogens is 522 g/mol. The summed E-state index contributed by atoms with van der Waals surface area (Å²) < 4.78 is 6.98. The predicted octanol–water partition coefficient (Wildman–Crippen LogP) is 4.88. The summed E-state index contributed by atoms with van der Waals surface area (Å²) in [5.74, 6) is 0.706. The highest BCUT2D eigenvalue weighted by atomic mass is 32.1. The molecule has 3 aromatic carbocycles. The Kier molecular flexibility index (Phi) is 7.31. The lowest BCUT2D eigenvalue weighted by atomic mass is 10.1. The molecule has 8 nitrogen and oxygen atoms in total. The van der Waals surface area contributed by atoms with E-state index < -0.39 is 0 Å². The Morgan fingerprint density at radius 2 is 1.68 bits per heavy atom. The summed E-state index contributed by atoms with van der Waals surface area (Å²) in [5.41, 5.74) is 4.40. The van der Waals surface area contributed by atoms with Gasteiger partial charge in [-0.05, 0) is 42.5 Å². The lowest BCUT2D eigenvalue weighted by Gasteiger charge is -2.36. The maximum absolute atomic E-state index is 13.3. The third-order valence-electron chi connectivity index (χ3n) is 7.13. The number of piperazine rings is 1. The molecule has 0 aliphatic carbocycles. The zero-order valence-corrected chi connectivity index (χ0v) is 22.9. The molecular formula is C31H29N5O3S. The van der Waals surface area contributed by atoms with E-state index in [0.717, 1.165) is 65.5 Å². The second kappa shape index (κ2) is 11.3. The Bertz CT molecular complexity index is 1690. The first-order valence-corrected chi connectivity index (χ1v) is 14.0. The number of carbonyl (C=O) groups excluding carboxylic acids is 1. The Labute approximate surface area is 236 Å². The normalized spacial score (nSPS) is 13.9. The number of hydrogen-bond acceptors (Lipinski definition) is 7. The van der Waals surface area contributed by atoms with E-state index in [0.29, 0.717) is 11.7 Å². The van der Waals surface area contributed by atoms with Crippen LogP contribution in [0.2, 0.25) is 0 Å². The maximum Gasteiger partial charge on any atom is 0.257 e. The zero-order valence-electron chi connectivity index (χ0n) is 22.1. The van der Waals surface area contributed by atoms with Gasteiger partial charge in [0, 0.05) is 54.3 Å². The number of rotatable bonds is 7. The van der Waals surface area contributed by atoms with Crippen LogP contribution < -0.4 is 20.5 Å². The second-order valence-electron chi connectivity index (χ2n) is 9.63. The number of methoxy groups -OCH3 is 1. The zero-order chi connectivity index (χ0) is 27.5. The van der Waals surface area contributed by atoms with Gasteiger partial charge in [-0.15, -0.1) is 11.3 Å². The van der Waals surface area contributed by atoms with Crippen LogP contribution in [0.3, 0.4) is 0 Å². The van der Waals surface area contributed by atoms with Crippen molar-refractivity contribution < 1.29 is 9.53 Å². The number of benzene rings is 3. The Morgan fingerprint density at radius 3 is 2.42 bits per heavy atom. The summed E-state index contributed by atoms with van der Waals surface area (Å²) >= 11 is 1.41. The van der Waals surface area contributed by atoms with E-state index in [1.807, 2.05) is 78.2 Å². The molecule has 3 heterocycles. The molecule has 1 amide bonds. The van der Waals surface area contributed by atoms with Crippen molar-refractivity contribution in [1.29, 1.82) is 0 Å². The van der Waals surface area contributed by atoms with Gasteiger partial charge in [-0.2, -0.15) is 0 Å². The van der Waals surface area contributed by atoms with Crippen molar-refractivity contribution in [1.82, 2.24) is 14.5 Å². The second-order valence-corrected chi connectivity index (χ2v) is 10.5. The fraction of sp³-hybridized carbons (Fsp3) is 0.194. The van der Waals surface area contributed by atoms with Crippen LogP contribution in [0.1, 0.15) is 0 Å². The summed E-state index contributed by atoms with van der Waals surface area (Å²) in [6.45, 7) is 3.19. The summed E-state index contributed by atoms with van der Waals surface area (Å²) in [5, 5.41) is 6.50. The van der Waals surface area contributed by atoms with Crippen molar-refractivity contribution in [2.75, 3.05) is 50.1 Å². The molecule has 1 saturated heterocycles. The molecule has 1 N–H and O–H groups in total. The van der Waals surface area contributed by atoms with Gasteiger partial charge < -0.3 is 15.0 Å². The number of pyridine rings is 1. The maximum atomic E-state index is 13.3. The molecule has 9 heteroatoms. The van der Waals surface area contributed by atoms with Crippen molar-refractivity contribution >= 4 is 39.0 Å². The number of fused-ring (bicyclic) bond motifs is 1. The number of amides is 1. The van der Waals surface area contributed by atoms with Gasteiger partial charge in [0.05, 0.1) is 30.6 Å². The number of anilines is 2. The topological polar surface area (TPSA) is 79.7 Å². The molecule has 0 radical (unpaired) electrons. The molecule has 1 aliphatic heterocycles. The number of para-hydroxylation sites is 2. The van der Waals surface area contributed by atoms with E-state index in [9.17, 15) is 9.59 Å². The predicted molar refractivity (Wildman–Crippen MR) is 161 cm³/mol. The molecule has 2 aromatic heterocycles. The fourth-order valence-electron chi connectivity index (χ4n) is 5.10. The average Bonchev–Trinajstić information content (AvgIpc) is 3.46. The molecule has 40 heavy (non-hydrogen) atoms. The Morgan fingerprint density at radius 1 is 0.950 bits per heavy atom. The van der Waals surface area contributed by atoms with E-state index in [4.69, 9.17) is 4.74 Å². The van der Waals surface area contributed by atoms with Crippen LogP contribution in [0.25, 0.3) is 27.8 Å². The molecule has 0 atom stereocenters. The quantitative estimate of drug-likeness (QED) is 0.311. The minimum atomic E-state index is -0.0833. The number of hydrogen-bond donors (Lipinski definition) is 1. The van der Waals surface area contributed by atoms with E-state index in [-0.39, 0.29) is 11.5 Å². The van der Waals surface area contributed by atoms with Gasteiger partial charge in [-0.3, -0.25) is 19.1 Å². The van der Waals surface area contributed by atoms with E-state index in [2.05, 4.69) is 26.2 Å². The van der Waals surface area contributed by atoms with Gasteiger partial charge >= 0.3 is 0 Å². The van der Waals surface area contributed by atoms with Crippen molar-refractivity contribution in [3.63, 3.8) is 0 Å². The van der Waals surface area contributed by atoms with Gasteiger partial charge in [0.25, 0.3) is 5.56 Å². The monoisotopic (exact) mass is 551 g/mol. The number of nitrogens with one attached hydrogen (secondary N) is 1. The van der Waals surface area contributed by atoms with Crippen LogP contribution in [0.15, 0.2) is 95.1 Å². The van der Waals surface area contributed by atoms with Crippen LogP contribution in [-0.4, -0.2) is 60.2 Å². The van der Waals surface area contributed by atoms with Gasteiger partial charge in [-0.1, -0.05) is 36.4 Å². The molecule has 0 unspecified atom stereocenters. The number of carbonyl (C=O) groups is 1. The number of ether oxygens (including phenoxy) is 1. The van der Waals surface area contributed by atoms with Crippen molar-refractivity contribution in [3.8, 4) is 22.7 Å². The average molecular weight is 552 g/mol. The molecule has 5 aromatic rings. The minimum Gasteiger partial charge on any atom is -0.497 e. The van der Waals surface area contributed by atoms with Crippen LogP contribution in [0.5, 0.6) is 5.75 Å². The van der Waals surface area contributed by atoms with Crippen LogP contribution >= 0.6 is 11.3 Å². The summed E-state index contributed by atoms with van der Waals surface area (Å²) in [6, 6.07) is 27.2. The lowest BCUT2D eigenvalue weighted by molar-refractivity contribution is -0.117. The van der Waals surface area contributed by atoms with Crippen LogP contribution in [0, 0.1) is 0 Å². The first kappa shape index (κ1) is 25.8. The van der Waals surface area contributed by atoms with Crippen LogP contribution in [0.4, 0.5) is 10.8 Å². The number of nitrogens with zero attached hydrogens (tertiary/aromatic N) is 4. The number of thiazole rings is 1. The highest BCUT2D eigenvalue weighted by molar-refractivity contribution is 7.14. The summed E-state index contributed by atoms with van der Waals surface area (Å²) in [6.07, 6.45) is 0. The van der Waals surface area contributed by atoms with Crippen LogP contribution in [-0.2, 0) is 4.79 Å². The van der Waals surface area contributed by atoms with Crippen molar-refractivity contribution in [2.24, 2.45) is 0 Å². The third-order valence-corrected chi connectivity index (χ3v) is 7.89. The van der Waals surface area contributed by atoms with Gasteiger partial charge in [0.15, 0.2) is 5.13 Å².